The maximum absolute atomic E-state index is 12.6. The zero-order valence-electron chi connectivity index (χ0n) is 7.05. The van der Waals surface area contributed by atoms with E-state index in [-0.39, 0.29) is 0 Å². The first-order valence-corrected chi connectivity index (χ1v) is 4.43. The number of hydrogen-bond donors (Lipinski definition) is 2. The number of aryl methyl sites for hydroxylation is 1. The van der Waals surface area contributed by atoms with E-state index in [1.807, 2.05) is 0 Å². The molecule has 1 aromatic rings. The molecule has 0 bridgehead atoms. The van der Waals surface area contributed by atoms with Gasteiger partial charge in [0, 0.05) is 11.5 Å². The van der Waals surface area contributed by atoms with E-state index >= 15 is 0 Å². The Bertz CT molecular complexity index is 275. The van der Waals surface area contributed by atoms with Gasteiger partial charge in [0.1, 0.15) is 5.82 Å². The fraction of sp³-hybridized carbons (Fsp3) is 0.667. The molecular formula is C6H10F2N4S. The smallest absolute Gasteiger partial charge is 0.276 e. The summed E-state index contributed by atoms with van der Waals surface area (Å²) in [5.74, 6) is -2.32. The third-order valence-electron chi connectivity index (χ3n) is 1.32. The molecule has 0 spiro atoms. The van der Waals surface area contributed by atoms with Crippen LogP contribution in [0.3, 0.4) is 0 Å². The number of nitrogens with two attached hydrogens (primary N) is 1. The maximum Gasteiger partial charge on any atom is 0.276 e. The van der Waals surface area contributed by atoms with Gasteiger partial charge in [-0.25, -0.2) is 13.8 Å². The van der Waals surface area contributed by atoms with Crippen molar-refractivity contribution in [2.75, 3.05) is 18.4 Å². The summed E-state index contributed by atoms with van der Waals surface area (Å²) in [5, 5.41) is 2.87. The molecule has 1 rings (SSSR count). The van der Waals surface area contributed by atoms with Gasteiger partial charge in [-0.15, -0.1) is 0 Å². The second-order valence-electron chi connectivity index (χ2n) is 2.56. The minimum atomic E-state index is -2.89. The lowest BCUT2D eigenvalue weighted by atomic mass is 10.3. The molecule has 0 aliphatic heterocycles. The Hall–Kier alpha value is -0.820. The molecule has 0 fully saturated rings. The summed E-state index contributed by atoms with van der Waals surface area (Å²) in [6.45, 7) is 0.526. The molecule has 0 amide bonds. The quantitative estimate of drug-likeness (QED) is 0.770. The third-order valence-corrected chi connectivity index (χ3v) is 2.09. The molecular weight excluding hydrogens is 198 g/mol. The Morgan fingerprint density at radius 2 is 2.31 bits per heavy atom. The molecule has 74 valence electrons. The van der Waals surface area contributed by atoms with E-state index in [2.05, 4.69) is 14.7 Å². The molecule has 4 nitrogen and oxygen atoms in total. The van der Waals surface area contributed by atoms with Crippen molar-refractivity contribution in [2.45, 2.75) is 12.8 Å². The second-order valence-corrected chi connectivity index (χ2v) is 3.31. The molecule has 0 unspecified atom stereocenters. The lowest BCUT2D eigenvalue weighted by Gasteiger charge is -2.13. The van der Waals surface area contributed by atoms with Gasteiger partial charge in [0.25, 0.3) is 5.92 Å². The van der Waals surface area contributed by atoms with E-state index in [1.54, 1.807) is 6.92 Å². The van der Waals surface area contributed by atoms with Gasteiger partial charge in [-0.2, -0.15) is 4.37 Å². The van der Waals surface area contributed by atoms with Crippen molar-refractivity contribution in [3.63, 3.8) is 0 Å². The van der Waals surface area contributed by atoms with Crippen LogP contribution in [0, 0.1) is 6.92 Å². The van der Waals surface area contributed by atoms with Crippen LogP contribution in [0.4, 0.5) is 13.9 Å². The number of alkyl halides is 2. The van der Waals surface area contributed by atoms with Crippen LogP contribution in [-0.4, -0.2) is 28.4 Å². The Kier molecular flexibility index (Phi) is 3.10. The number of halogens is 2. The molecule has 0 aliphatic rings. The molecule has 7 heteroatoms. The summed E-state index contributed by atoms with van der Waals surface area (Å²) in [6.07, 6.45) is 0. The van der Waals surface area contributed by atoms with Crippen LogP contribution in [0.25, 0.3) is 0 Å². The van der Waals surface area contributed by atoms with Crippen LogP contribution in [0.15, 0.2) is 0 Å². The van der Waals surface area contributed by atoms with Crippen molar-refractivity contribution < 1.29 is 8.78 Å². The number of anilines is 1. The van der Waals surface area contributed by atoms with Gasteiger partial charge < -0.3 is 11.1 Å². The Morgan fingerprint density at radius 1 is 1.62 bits per heavy atom. The van der Waals surface area contributed by atoms with E-state index in [0.717, 1.165) is 11.5 Å². The molecule has 0 radical (unpaired) electrons. The zero-order valence-corrected chi connectivity index (χ0v) is 7.87. The van der Waals surface area contributed by atoms with Crippen molar-refractivity contribution in [3.05, 3.63) is 5.82 Å². The molecule has 1 heterocycles. The van der Waals surface area contributed by atoms with Crippen molar-refractivity contribution in [1.29, 1.82) is 0 Å². The average molecular weight is 208 g/mol. The van der Waals surface area contributed by atoms with Crippen molar-refractivity contribution in [3.8, 4) is 0 Å². The highest BCUT2D eigenvalue weighted by atomic mass is 32.1. The van der Waals surface area contributed by atoms with Gasteiger partial charge in [0.2, 0.25) is 5.13 Å². The molecule has 0 aromatic carbocycles. The zero-order chi connectivity index (χ0) is 9.90. The highest BCUT2D eigenvalue weighted by Gasteiger charge is 2.26. The number of rotatable bonds is 4. The number of nitrogens with zero attached hydrogens (tertiary/aromatic N) is 2. The summed E-state index contributed by atoms with van der Waals surface area (Å²) in [6, 6.07) is 0. The highest BCUT2D eigenvalue weighted by Crippen LogP contribution is 2.15. The Balaban J connectivity index is 2.43. The Morgan fingerprint density at radius 3 is 2.77 bits per heavy atom. The van der Waals surface area contributed by atoms with Gasteiger partial charge in [0.05, 0.1) is 13.1 Å². The van der Waals surface area contributed by atoms with Crippen LogP contribution in [0.1, 0.15) is 5.82 Å². The van der Waals surface area contributed by atoms with Gasteiger partial charge in [-0.3, -0.25) is 0 Å². The summed E-state index contributed by atoms with van der Waals surface area (Å²) in [7, 11) is 0. The first-order valence-electron chi connectivity index (χ1n) is 3.65. The van der Waals surface area contributed by atoms with Crippen LogP contribution >= 0.6 is 11.5 Å². The van der Waals surface area contributed by atoms with Gasteiger partial charge >= 0.3 is 0 Å². The standard InChI is InChI=1S/C6H10F2N4S/c1-4-11-5(13-12-4)10-3-6(7,8)2-9/h2-3,9H2,1H3,(H,10,11,12). The largest absolute Gasteiger partial charge is 0.354 e. The van der Waals surface area contributed by atoms with Crippen molar-refractivity contribution in [1.82, 2.24) is 9.36 Å². The SMILES string of the molecule is Cc1nsc(NCC(F)(F)CN)n1. The lowest BCUT2D eigenvalue weighted by molar-refractivity contribution is 0.0254. The molecule has 0 saturated heterocycles. The van der Waals surface area contributed by atoms with Gasteiger partial charge in [-0.05, 0) is 6.92 Å². The molecule has 0 atom stereocenters. The summed E-state index contributed by atoms with van der Waals surface area (Å²) < 4.78 is 29.1. The topological polar surface area (TPSA) is 63.8 Å². The molecule has 0 aliphatic carbocycles. The van der Waals surface area contributed by atoms with Crippen LogP contribution in [0.2, 0.25) is 0 Å². The lowest BCUT2D eigenvalue weighted by Crippen LogP contribution is -2.35. The molecule has 13 heavy (non-hydrogen) atoms. The predicted octanol–water partition coefficient (Wildman–Crippen LogP) is 0.852. The second kappa shape index (κ2) is 3.93. The first kappa shape index (κ1) is 10.3. The van der Waals surface area contributed by atoms with E-state index in [9.17, 15) is 8.78 Å². The monoisotopic (exact) mass is 208 g/mol. The maximum atomic E-state index is 12.6. The summed E-state index contributed by atoms with van der Waals surface area (Å²) in [4.78, 5) is 3.87. The van der Waals surface area contributed by atoms with Crippen LogP contribution < -0.4 is 11.1 Å². The summed E-state index contributed by atoms with van der Waals surface area (Å²) >= 11 is 1.05. The molecule has 3 N–H and O–H groups in total. The normalized spacial score (nSPS) is 11.7. The third kappa shape index (κ3) is 3.19. The predicted molar refractivity (Wildman–Crippen MR) is 47.1 cm³/mol. The van der Waals surface area contributed by atoms with E-state index in [0.29, 0.717) is 11.0 Å². The average Bonchev–Trinajstić information content (AvgIpc) is 2.48. The first-order chi connectivity index (χ1) is 6.03. The fourth-order valence-electron chi connectivity index (χ4n) is 0.646. The van der Waals surface area contributed by atoms with Crippen molar-refractivity contribution >= 4 is 16.7 Å². The molecule has 0 saturated carbocycles. The van der Waals surface area contributed by atoms with E-state index in [4.69, 9.17) is 5.73 Å². The number of hydrogen-bond acceptors (Lipinski definition) is 5. The molecule has 1 aromatic heterocycles. The number of aromatic nitrogens is 2. The summed E-state index contributed by atoms with van der Waals surface area (Å²) in [5.41, 5.74) is 4.85. The van der Waals surface area contributed by atoms with Gasteiger partial charge in [0.15, 0.2) is 0 Å². The fourth-order valence-corrected chi connectivity index (χ4v) is 1.22. The minimum absolute atomic E-state index is 0.394. The van der Waals surface area contributed by atoms with E-state index in [1.165, 1.54) is 0 Å². The van der Waals surface area contributed by atoms with Crippen molar-refractivity contribution in [2.24, 2.45) is 5.73 Å². The van der Waals surface area contributed by atoms with Crippen LogP contribution in [-0.2, 0) is 0 Å². The van der Waals surface area contributed by atoms with E-state index < -0.39 is 19.0 Å². The Labute approximate surface area is 78.3 Å². The highest BCUT2D eigenvalue weighted by molar-refractivity contribution is 7.09. The van der Waals surface area contributed by atoms with Crippen LogP contribution in [0.5, 0.6) is 0 Å². The number of nitrogens with one attached hydrogen (secondary N) is 1. The minimum Gasteiger partial charge on any atom is -0.354 e. The van der Waals surface area contributed by atoms with Gasteiger partial charge in [-0.1, -0.05) is 0 Å².